The van der Waals surface area contributed by atoms with Gasteiger partial charge in [0.25, 0.3) is 0 Å². The van der Waals surface area contributed by atoms with Gasteiger partial charge >= 0.3 is 11.9 Å². The zero-order valence-corrected chi connectivity index (χ0v) is 12.5. The summed E-state index contributed by atoms with van der Waals surface area (Å²) in [6, 6.07) is 2.38. The van der Waals surface area contributed by atoms with Crippen molar-refractivity contribution in [1.29, 1.82) is 5.26 Å². The van der Waals surface area contributed by atoms with Crippen LogP contribution in [-0.2, 0) is 9.59 Å². The van der Waals surface area contributed by atoms with E-state index in [4.69, 9.17) is 31.5 Å². The molecular weight excluding hydrogens is 314 g/mol. The van der Waals surface area contributed by atoms with E-state index in [-0.39, 0.29) is 17.0 Å². The molecule has 1 aliphatic rings. The summed E-state index contributed by atoms with van der Waals surface area (Å²) < 4.78 is 0. The van der Waals surface area contributed by atoms with Crippen molar-refractivity contribution in [3.63, 3.8) is 0 Å². The van der Waals surface area contributed by atoms with Crippen LogP contribution in [0.5, 0.6) is 0 Å². The highest BCUT2D eigenvalue weighted by Crippen LogP contribution is 2.28. The lowest BCUT2D eigenvalue weighted by Crippen LogP contribution is -2.39. The lowest BCUT2D eigenvalue weighted by atomic mass is 9.97. The van der Waals surface area contributed by atoms with Crippen molar-refractivity contribution in [3.8, 4) is 6.07 Å². The third kappa shape index (κ3) is 9.74. The minimum Gasteiger partial charge on any atom is -0.479 e. The Balaban J connectivity index is -0.000000322. The first-order valence-electron chi connectivity index (χ1n) is 6.50. The predicted octanol–water partition coefficient (Wildman–Crippen LogP) is -2.85. The van der Waals surface area contributed by atoms with Crippen LogP contribution in [-0.4, -0.2) is 61.6 Å². The number of aliphatic carboxylic acids is 2. The lowest BCUT2D eigenvalue weighted by Gasteiger charge is -2.18. The highest BCUT2D eigenvalue weighted by atomic mass is 16.4. The van der Waals surface area contributed by atoms with E-state index < -0.39 is 24.1 Å². The van der Waals surface area contributed by atoms with Crippen LogP contribution in [0.15, 0.2) is 0 Å². The van der Waals surface area contributed by atoms with Gasteiger partial charge in [-0.1, -0.05) is 12.8 Å². The molecule has 0 aromatic heterocycles. The van der Waals surface area contributed by atoms with E-state index in [1.54, 1.807) is 0 Å². The Morgan fingerprint density at radius 3 is 1.78 bits per heavy atom. The number of carboxylic acid groups (broad SMARTS) is 2. The molecule has 0 saturated heterocycles. The van der Waals surface area contributed by atoms with Crippen LogP contribution in [0.4, 0.5) is 0 Å². The summed E-state index contributed by atoms with van der Waals surface area (Å²) in [5.74, 6) is 2.44. The quantitative estimate of drug-likeness (QED) is 0.215. The lowest BCUT2D eigenvalue weighted by molar-refractivity contribution is -0.165. The maximum atomic E-state index is 9.77. The average Bonchev–Trinajstić information content (AvgIpc) is 2.97. The first kappa shape index (κ1) is 26.1. The van der Waals surface area contributed by atoms with Crippen molar-refractivity contribution >= 4 is 11.9 Å². The number of carbonyl (C=O) groups is 2. The molecule has 0 aromatic rings. The number of nitrogens with zero attached hydrogens (tertiary/aromatic N) is 1. The van der Waals surface area contributed by atoms with Gasteiger partial charge in [0, 0.05) is 6.04 Å². The first-order valence-corrected chi connectivity index (χ1v) is 6.50. The highest BCUT2D eigenvalue weighted by molar-refractivity contribution is 5.83. The van der Waals surface area contributed by atoms with Crippen LogP contribution in [0.2, 0.25) is 0 Å². The van der Waals surface area contributed by atoms with Crippen LogP contribution in [0.1, 0.15) is 32.1 Å². The molecule has 0 aromatic carbocycles. The topological polar surface area (TPSA) is 240 Å². The second-order valence-corrected chi connectivity index (χ2v) is 4.75. The zero-order chi connectivity index (χ0) is 16.4. The molecule has 0 bridgehead atoms. The van der Waals surface area contributed by atoms with E-state index in [9.17, 15) is 9.59 Å². The standard InChI is InChI=1S/C8H15N3.C4H6O6.2H2O/c9-6-5-8(11-10)7-3-1-2-4-7;5-1(3(7)8)2(6)4(9)10;;/h7-8,11H,1-5,10H2;1-2,5-6H,(H,7,8)(H,9,10);2*1H2/t;1-,2-;;/m.1../s1. The average molecular weight is 339 g/mol. The molecular formula is C12H25N3O8. The van der Waals surface area contributed by atoms with Gasteiger partial charge in [-0.25, -0.2) is 9.59 Å². The van der Waals surface area contributed by atoms with Crippen molar-refractivity contribution in [3.05, 3.63) is 0 Å². The summed E-state index contributed by atoms with van der Waals surface area (Å²) in [7, 11) is 0. The van der Waals surface area contributed by atoms with Crippen molar-refractivity contribution in [2.45, 2.75) is 50.4 Å². The normalized spacial score (nSPS) is 17.1. The molecule has 1 saturated carbocycles. The van der Waals surface area contributed by atoms with Crippen LogP contribution in [0.3, 0.4) is 0 Å². The maximum Gasteiger partial charge on any atom is 0.335 e. The van der Waals surface area contributed by atoms with Gasteiger partial charge in [-0.15, -0.1) is 0 Å². The van der Waals surface area contributed by atoms with E-state index in [1.807, 2.05) is 0 Å². The van der Waals surface area contributed by atoms with Gasteiger partial charge in [0.05, 0.1) is 12.5 Å². The van der Waals surface area contributed by atoms with Gasteiger partial charge < -0.3 is 31.4 Å². The van der Waals surface area contributed by atoms with E-state index in [1.165, 1.54) is 25.7 Å². The summed E-state index contributed by atoms with van der Waals surface area (Å²) in [6.07, 6.45) is 1.08. The molecule has 1 unspecified atom stereocenters. The third-order valence-corrected chi connectivity index (χ3v) is 3.30. The molecule has 0 heterocycles. The third-order valence-electron chi connectivity index (χ3n) is 3.30. The molecule has 1 fully saturated rings. The number of nitriles is 1. The fourth-order valence-corrected chi connectivity index (χ4v) is 2.09. The first-order chi connectivity index (χ1) is 9.84. The Morgan fingerprint density at radius 1 is 1.13 bits per heavy atom. The van der Waals surface area contributed by atoms with Gasteiger partial charge in [0.15, 0.2) is 12.2 Å². The number of carboxylic acids is 2. The summed E-state index contributed by atoms with van der Waals surface area (Å²) in [6.45, 7) is 0. The van der Waals surface area contributed by atoms with E-state index >= 15 is 0 Å². The van der Waals surface area contributed by atoms with Crippen LogP contribution in [0, 0.1) is 17.2 Å². The molecule has 11 heteroatoms. The molecule has 0 radical (unpaired) electrons. The maximum absolute atomic E-state index is 9.77. The second-order valence-electron chi connectivity index (χ2n) is 4.75. The number of hydrogen-bond donors (Lipinski definition) is 6. The minimum absolute atomic E-state index is 0. The number of hydrazine groups is 1. The minimum atomic E-state index is -2.27. The Morgan fingerprint density at radius 2 is 1.52 bits per heavy atom. The van der Waals surface area contributed by atoms with Crippen molar-refractivity contribution in [1.82, 2.24) is 5.43 Å². The molecule has 3 atom stereocenters. The fourth-order valence-electron chi connectivity index (χ4n) is 2.09. The van der Waals surface area contributed by atoms with Crippen molar-refractivity contribution in [2.24, 2.45) is 11.8 Å². The van der Waals surface area contributed by atoms with Crippen molar-refractivity contribution < 1.29 is 41.0 Å². The Hall–Kier alpha value is -1.81. The fraction of sp³-hybridized carbons (Fsp3) is 0.750. The molecule has 11 nitrogen and oxygen atoms in total. The Labute approximate surface area is 132 Å². The monoisotopic (exact) mass is 339 g/mol. The highest BCUT2D eigenvalue weighted by Gasteiger charge is 2.29. The van der Waals surface area contributed by atoms with Crippen LogP contribution in [0.25, 0.3) is 0 Å². The zero-order valence-electron chi connectivity index (χ0n) is 12.5. The number of aliphatic hydroxyl groups excluding tert-OH is 2. The molecule has 1 rings (SSSR count). The van der Waals surface area contributed by atoms with Crippen molar-refractivity contribution in [2.75, 3.05) is 0 Å². The van der Waals surface area contributed by atoms with Gasteiger partial charge in [-0.3, -0.25) is 11.3 Å². The molecule has 0 aliphatic heterocycles. The SMILES string of the molecule is N#CCC(NN)C1CCCC1.O.O.O=C(O)[C@H](O)[C@@H](O)C(=O)O. The van der Waals surface area contributed by atoms with E-state index in [2.05, 4.69) is 11.5 Å². The predicted molar refractivity (Wildman–Crippen MR) is 77.8 cm³/mol. The second kappa shape index (κ2) is 13.8. The summed E-state index contributed by atoms with van der Waals surface area (Å²) in [4.78, 5) is 19.5. The largest absolute Gasteiger partial charge is 0.479 e. The number of hydrogen-bond acceptors (Lipinski definition) is 7. The van der Waals surface area contributed by atoms with Gasteiger partial charge in [0.2, 0.25) is 0 Å². The molecule has 136 valence electrons. The van der Waals surface area contributed by atoms with Gasteiger partial charge in [-0.2, -0.15) is 5.26 Å². The molecule has 11 N–H and O–H groups in total. The van der Waals surface area contributed by atoms with Crippen LogP contribution >= 0.6 is 0 Å². The smallest absolute Gasteiger partial charge is 0.335 e. The number of aliphatic hydroxyl groups is 2. The summed E-state index contributed by atoms with van der Waals surface area (Å²) >= 11 is 0. The van der Waals surface area contributed by atoms with Crippen LogP contribution < -0.4 is 11.3 Å². The molecule has 1 aliphatic carbocycles. The molecule has 0 spiro atoms. The molecule has 23 heavy (non-hydrogen) atoms. The number of nitrogens with two attached hydrogens (primary N) is 1. The van der Waals surface area contributed by atoms with E-state index in [0.29, 0.717) is 12.3 Å². The number of nitrogens with one attached hydrogen (secondary N) is 1. The van der Waals surface area contributed by atoms with E-state index in [0.717, 1.165) is 0 Å². The van der Waals surface area contributed by atoms with Gasteiger partial charge in [0.1, 0.15) is 0 Å². The summed E-state index contributed by atoms with van der Waals surface area (Å²) in [5, 5.41) is 41.0. The Bertz CT molecular complexity index is 363. The summed E-state index contributed by atoms with van der Waals surface area (Å²) in [5.41, 5.74) is 2.72. The molecule has 0 amide bonds. The Kier molecular flexibility index (Phi) is 15.7. The number of rotatable bonds is 6. The van der Waals surface area contributed by atoms with Gasteiger partial charge in [-0.05, 0) is 18.8 Å².